The SMILES string of the molecule is O=C(NC[C@@H]1NC(=O)c2coc(n2)[C@H](CNC(=O)OCc2ccccc2)NC(=O)c2coc(n2)[C@H](CNC(=O)OCc2ccccc2)NC(=O)c2coc1n2)OCc1ccccc1. The van der Waals surface area contributed by atoms with E-state index in [1.54, 1.807) is 72.8 Å². The molecule has 0 saturated heterocycles. The highest BCUT2D eigenvalue weighted by Gasteiger charge is 2.31. The van der Waals surface area contributed by atoms with Gasteiger partial charge in [0.1, 0.15) is 56.7 Å². The monoisotopic (exact) mass is 861 g/mol. The standard InChI is InChI=1S/C42H39N9O12/c52-34-31-23-59-38(50-31)29(17-44-41(56)62-20-26-12-6-2-7-13-26)48-36(54)33-24-60-39(51-33)30(18-45-42(57)63-21-27-14-8-3-9-15-27)47-35(53)32-22-58-37(49-32)28(46-34)16-43-40(55)61-19-25-10-4-1-5-11-25/h1-15,22-24,28-30H,16-21H2,(H,43,55)(H,44,56)(H,45,57)(H,46,52)(H,47,53)(H,48,54)/t28-,29-,30-/m0/s1. The van der Waals surface area contributed by atoms with Gasteiger partial charge in [-0.2, -0.15) is 0 Å². The molecule has 6 bridgehead atoms. The first-order chi connectivity index (χ1) is 30.7. The molecule has 0 saturated carbocycles. The van der Waals surface area contributed by atoms with Crippen molar-refractivity contribution in [3.8, 4) is 0 Å². The van der Waals surface area contributed by atoms with Gasteiger partial charge in [-0.3, -0.25) is 14.4 Å². The fraction of sp³-hybridized carbons (Fsp3) is 0.214. The molecule has 21 nitrogen and oxygen atoms in total. The molecular weight excluding hydrogens is 823 g/mol. The second-order valence-electron chi connectivity index (χ2n) is 13.6. The number of hydrogen-bond donors (Lipinski definition) is 6. The van der Waals surface area contributed by atoms with E-state index < -0.39 is 54.1 Å². The van der Waals surface area contributed by atoms with Crippen molar-refractivity contribution in [3.63, 3.8) is 0 Å². The lowest BCUT2D eigenvalue weighted by Gasteiger charge is -2.17. The number of fused-ring (bicyclic) bond motifs is 6. The molecule has 0 fully saturated rings. The van der Waals surface area contributed by atoms with E-state index in [1.165, 1.54) is 0 Å². The summed E-state index contributed by atoms with van der Waals surface area (Å²) in [6.45, 7) is -1.14. The van der Waals surface area contributed by atoms with E-state index in [1.807, 2.05) is 18.2 Å². The predicted molar refractivity (Wildman–Crippen MR) is 214 cm³/mol. The van der Waals surface area contributed by atoms with Gasteiger partial charge in [-0.1, -0.05) is 91.0 Å². The smallest absolute Gasteiger partial charge is 0.407 e. The number of nitrogens with one attached hydrogen (secondary N) is 6. The molecular formula is C42H39N9O12. The molecule has 6 amide bonds. The van der Waals surface area contributed by atoms with Crippen LogP contribution >= 0.6 is 0 Å². The van der Waals surface area contributed by atoms with Crippen LogP contribution in [-0.2, 0) is 34.0 Å². The molecule has 6 aromatic rings. The van der Waals surface area contributed by atoms with Gasteiger partial charge in [-0.05, 0) is 16.7 Å². The number of benzene rings is 3. The summed E-state index contributed by atoms with van der Waals surface area (Å²) >= 11 is 0. The molecule has 0 radical (unpaired) electrons. The topological polar surface area (TPSA) is 280 Å². The van der Waals surface area contributed by atoms with Gasteiger partial charge in [0, 0.05) is 0 Å². The Morgan fingerprint density at radius 1 is 0.460 bits per heavy atom. The molecule has 1 aliphatic heterocycles. The highest BCUT2D eigenvalue weighted by atomic mass is 16.6. The van der Waals surface area contributed by atoms with E-state index in [0.29, 0.717) is 0 Å². The van der Waals surface area contributed by atoms with E-state index >= 15 is 0 Å². The molecule has 0 spiro atoms. The Hall–Kier alpha value is -8.49. The number of aromatic nitrogens is 3. The maximum absolute atomic E-state index is 13.6. The number of oxazole rings is 3. The van der Waals surface area contributed by atoms with Crippen LogP contribution in [-0.4, -0.2) is 70.6 Å². The Morgan fingerprint density at radius 3 is 1.00 bits per heavy atom. The van der Waals surface area contributed by atoms with E-state index in [9.17, 15) is 28.8 Å². The van der Waals surface area contributed by atoms with Crippen LogP contribution in [0.25, 0.3) is 0 Å². The van der Waals surface area contributed by atoms with Gasteiger partial charge in [0.05, 0.1) is 19.6 Å². The normalized spacial score (nSPS) is 16.2. The fourth-order valence-corrected chi connectivity index (χ4v) is 5.83. The van der Waals surface area contributed by atoms with Crippen molar-refractivity contribution in [1.29, 1.82) is 0 Å². The lowest BCUT2D eigenvalue weighted by Crippen LogP contribution is -2.40. The molecule has 3 aromatic carbocycles. The van der Waals surface area contributed by atoms with Crippen molar-refractivity contribution in [2.45, 2.75) is 37.9 Å². The lowest BCUT2D eigenvalue weighted by molar-refractivity contribution is 0.0916. The first-order valence-electron chi connectivity index (χ1n) is 19.3. The summed E-state index contributed by atoms with van der Waals surface area (Å²) in [5.74, 6) is -3.14. The Balaban J connectivity index is 1.13. The maximum atomic E-state index is 13.6. The van der Waals surface area contributed by atoms with E-state index in [0.717, 1.165) is 35.5 Å². The van der Waals surface area contributed by atoms with Gasteiger partial charge in [-0.25, -0.2) is 29.3 Å². The van der Waals surface area contributed by atoms with Crippen LogP contribution in [0.3, 0.4) is 0 Å². The molecule has 21 heteroatoms. The summed E-state index contributed by atoms with van der Waals surface area (Å²) in [4.78, 5) is 91.9. The zero-order valence-corrected chi connectivity index (χ0v) is 33.1. The third kappa shape index (κ3) is 12.1. The first-order valence-corrected chi connectivity index (χ1v) is 19.3. The van der Waals surface area contributed by atoms with Crippen LogP contribution in [0, 0.1) is 0 Å². The second-order valence-corrected chi connectivity index (χ2v) is 13.6. The zero-order chi connectivity index (χ0) is 44.0. The molecule has 324 valence electrons. The van der Waals surface area contributed by atoms with Gasteiger partial charge >= 0.3 is 18.3 Å². The van der Waals surface area contributed by atoms with Crippen LogP contribution < -0.4 is 31.9 Å². The molecule has 3 aromatic heterocycles. The fourth-order valence-electron chi connectivity index (χ4n) is 5.83. The van der Waals surface area contributed by atoms with Crippen molar-refractivity contribution in [1.82, 2.24) is 46.9 Å². The third-order valence-corrected chi connectivity index (χ3v) is 9.06. The van der Waals surface area contributed by atoms with Gasteiger partial charge in [0.2, 0.25) is 17.7 Å². The summed E-state index contributed by atoms with van der Waals surface area (Å²) in [7, 11) is 0. The van der Waals surface area contributed by atoms with Crippen molar-refractivity contribution >= 4 is 36.0 Å². The Labute approximate surface area is 357 Å². The Morgan fingerprint density at radius 2 is 0.730 bits per heavy atom. The number of ether oxygens (including phenoxy) is 3. The van der Waals surface area contributed by atoms with Crippen molar-refractivity contribution < 1.29 is 56.2 Å². The molecule has 7 rings (SSSR count). The van der Waals surface area contributed by atoms with Crippen LogP contribution in [0.1, 0.15) is 84.0 Å². The minimum atomic E-state index is -1.22. The lowest BCUT2D eigenvalue weighted by atomic mass is 10.2. The first kappa shape index (κ1) is 42.6. The number of carbonyl (C=O) groups is 6. The van der Waals surface area contributed by atoms with E-state index in [2.05, 4.69) is 46.9 Å². The quantitative estimate of drug-likeness (QED) is 0.0943. The van der Waals surface area contributed by atoms with Gasteiger partial charge in [0.15, 0.2) is 17.1 Å². The number of carbonyl (C=O) groups excluding carboxylic acids is 6. The van der Waals surface area contributed by atoms with Crippen LogP contribution in [0.2, 0.25) is 0 Å². The molecule has 63 heavy (non-hydrogen) atoms. The highest BCUT2D eigenvalue weighted by molar-refractivity contribution is 5.94. The zero-order valence-electron chi connectivity index (χ0n) is 33.1. The summed E-state index contributed by atoms with van der Waals surface area (Å²) in [6.07, 6.45) is 0.520. The molecule has 0 unspecified atom stereocenters. The third-order valence-electron chi connectivity index (χ3n) is 9.06. The number of amides is 6. The Kier molecular flexibility index (Phi) is 14.0. The van der Waals surface area contributed by atoms with Crippen LogP contribution in [0.5, 0.6) is 0 Å². The molecule has 4 heterocycles. The van der Waals surface area contributed by atoms with E-state index in [-0.39, 0.29) is 74.2 Å². The number of alkyl carbamates (subject to hydrolysis) is 3. The van der Waals surface area contributed by atoms with E-state index in [4.69, 9.17) is 27.5 Å². The summed E-state index contributed by atoms with van der Waals surface area (Å²) in [5.41, 5.74) is 1.36. The van der Waals surface area contributed by atoms with Crippen LogP contribution in [0.4, 0.5) is 14.4 Å². The maximum Gasteiger partial charge on any atom is 0.407 e. The van der Waals surface area contributed by atoms with Crippen molar-refractivity contribution in [2.75, 3.05) is 19.6 Å². The Bertz CT molecular complexity index is 2230. The van der Waals surface area contributed by atoms with Crippen molar-refractivity contribution in [3.05, 3.63) is 161 Å². The molecule has 3 atom stereocenters. The van der Waals surface area contributed by atoms with Crippen molar-refractivity contribution in [2.24, 2.45) is 0 Å². The molecule has 6 N–H and O–H groups in total. The molecule has 1 aliphatic rings. The average molecular weight is 862 g/mol. The number of nitrogens with zero attached hydrogens (tertiary/aromatic N) is 3. The van der Waals surface area contributed by atoms with Gasteiger partial charge < -0.3 is 59.4 Å². The summed E-state index contributed by atoms with van der Waals surface area (Å²) in [6, 6.07) is 23.1. The summed E-state index contributed by atoms with van der Waals surface area (Å²) < 4.78 is 32.8. The average Bonchev–Trinajstić information content (AvgIpc) is 4.12. The number of rotatable bonds is 12. The number of hydrogen-bond acceptors (Lipinski definition) is 15. The minimum Gasteiger partial charge on any atom is -0.446 e. The van der Waals surface area contributed by atoms with Gasteiger partial charge in [-0.15, -0.1) is 0 Å². The highest BCUT2D eigenvalue weighted by Crippen LogP contribution is 2.20. The molecule has 0 aliphatic carbocycles. The second kappa shape index (κ2) is 20.7. The van der Waals surface area contributed by atoms with Gasteiger partial charge in [0.25, 0.3) is 17.7 Å². The largest absolute Gasteiger partial charge is 0.446 e. The van der Waals surface area contributed by atoms with Crippen LogP contribution in [0.15, 0.2) is 123 Å². The predicted octanol–water partition coefficient (Wildman–Crippen LogP) is 4.16. The summed E-state index contributed by atoms with van der Waals surface area (Å²) in [5, 5.41) is 15.6. The minimum absolute atomic E-state index is 0.0428.